The number of aromatic nitrogens is 2. The lowest BCUT2D eigenvalue weighted by Gasteiger charge is -2.30. The van der Waals surface area contributed by atoms with E-state index in [0.717, 1.165) is 18.5 Å². The van der Waals surface area contributed by atoms with Crippen molar-refractivity contribution in [2.45, 2.75) is 55.8 Å². The van der Waals surface area contributed by atoms with Crippen LogP contribution in [0.1, 0.15) is 39.8 Å². The highest BCUT2D eigenvalue weighted by molar-refractivity contribution is 7.11. The van der Waals surface area contributed by atoms with E-state index in [4.69, 9.17) is 4.74 Å². The monoisotopic (exact) mass is 572 g/mol. The van der Waals surface area contributed by atoms with Crippen molar-refractivity contribution in [2.24, 2.45) is 0 Å². The summed E-state index contributed by atoms with van der Waals surface area (Å²) >= 11 is -0.0112. The molecule has 1 N–H and O–H groups in total. The number of thiazole rings is 1. The molecule has 0 saturated heterocycles. The Morgan fingerprint density at radius 2 is 1.79 bits per heavy atom. The molecule has 6 nitrogen and oxygen atoms in total. The zero-order valence-electron chi connectivity index (χ0n) is 19.0. The van der Waals surface area contributed by atoms with Gasteiger partial charge in [0.1, 0.15) is 5.01 Å². The van der Waals surface area contributed by atoms with Gasteiger partial charge in [-0.15, -0.1) is 11.3 Å². The van der Waals surface area contributed by atoms with Gasteiger partial charge in [0.15, 0.2) is 23.9 Å². The summed E-state index contributed by atoms with van der Waals surface area (Å²) in [6, 6.07) is 6.66. The number of benzene rings is 1. The Labute approximate surface area is 213 Å². The molecule has 0 spiro atoms. The predicted molar refractivity (Wildman–Crippen MR) is 116 cm³/mol. The Hall–Kier alpha value is -3.20. The lowest BCUT2D eigenvalue weighted by Crippen LogP contribution is -2.53. The van der Waals surface area contributed by atoms with E-state index < -0.39 is 35.5 Å². The number of rotatable bonds is 9. The first kappa shape index (κ1) is 27.8. The summed E-state index contributed by atoms with van der Waals surface area (Å²) in [5, 5.41) is 19.9. The quantitative estimate of drug-likeness (QED) is 0.205. The van der Waals surface area contributed by atoms with Crippen LogP contribution in [-0.4, -0.2) is 35.2 Å². The molecule has 15 heteroatoms. The molecular formula is C23H18F8N2O4S. The molecule has 1 atom stereocenters. The second-order valence-electron chi connectivity index (χ2n) is 8.50. The fourth-order valence-corrected chi connectivity index (χ4v) is 4.83. The maximum absolute atomic E-state index is 13.4. The van der Waals surface area contributed by atoms with Gasteiger partial charge in [-0.05, 0) is 43.0 Å². The predicted octanol–water partition coefficient (Wildman–Crippen LogP) is 5.61. The van der Waals surface area contributed by atoms with Gasteiger partial charge in [0.05, 0.1) is 6.10 Å². The summed E-state index contributed by atoms with van der Waals surface area (Å²) in [6.07, 6.45) is -8.19. The van der Waals surface area contributed by atoms with Gasteiger partial charge in [-0.2, -0.15) is 39.9 Å². The number of hydrogen-bond donors (Lipinski definition) is 1. The summed E-state index contributed by atoms with van der Waals surface area (Å²) in [4.78, 5) is 3.15. The molecule has 2 aromatic heterocycles. The Kier molecular flexibility index (Phi) is 7.45. The van der Waals surface area contributed by atoms with Crippen LogP contribution >= 0.6 is 11.3 Å². The van der Waals surface area contributed by atoms with Crippen LogP contribution in [0, 0.1) is 5.21 Å². The van der Waals surface area contributed by atoms with Crippen LogP contribution in [0.3, 0.4) is 0 Å². The van der Waals surface area contributed by atoms with E-state index in [1.807, 2.05) is 0 Å². The Morgan fingerprint density at radius 1 is 1.11 bits per heavy atom. The van der Waals surface area contributed by atoms with Crippen molar-refractivity contribution in [2.75, 3.05) is 0 Å². The minimum atomic E-state index is -6.12. The van der Waals surface area contributed by atoms with E-state index in [9.17, 15) is 45.4 Å². The van der Waals surface area contributed by atoms with E-state index in [-0.39, 0.29) is 45.8 Å². The van der Waals surface area contributed by atoms with Crippen LogP contribution in [0.25, 0.3) is 0 Å². The molecule has 1 aliphatic rings. The van der Waals surface area contributed by atoms with Crippen molar-refractivity contribution in [1.82, 2.24) is 4.98 Å². The molecule has 1 saturated carbocycles. The molecule has 3 aromatic rings. The number of halogens is 8. The maximum Gasteiger partial charge on any atom is 0.433 e. The average Bonchev–Trinajstić information content (AvgIpc) is 3.48. The van der Waals surface area contributed by atoms with E-state index >= 15 is 0 Å². The van der Waals surface area contributed by atoms with E-state index in [1.54, 1.807) is 0 Å². The summed E-state index contributed by atoms with van der Waals surface area (Å²) in [5.74, 6) is -1.40. The second-order valence-corrected chi connectivity index (χ2v) is 9.57. The molecule has 0 radical (unpaired) electrons. The van der Waals surface area contributed by atoms with Crippen molar-refractivity contribution >= 4 is 11.3 Å². The number of hydrogen-bond acceptors (Lipinski definition) is 6. The summed E-state index contributed by atoms with van der Waals surface area (Å²) in [6.45, 7) is -3.18. The number of aliphatic hydroxyl groups is 1. The van der Waals surface area contributed by atoms with Crippen molar-refractivity contribution in [3.05, 3.63) is 75.1 Å². The van der Waals surface area contributed by atoms with Gasteiger partial charge in [-0.3, -0.25) is 0 Å². The molecule has 0 bridgehead atoms. The van der Waals surface area contributed by atoms with Crippen LogP contribution in [0.4, 0.5) is 35.1 Å². The average molecular weight is 572 g/mol. The third-order valence-corrected chi connectivity index (χ3v) is 6.90. The molecule has 0 aliphatic heterocycles. The summed E-state index contributed by atoms with van der Waals surface area (Å²) in [5.41, 5.74) is -4.60. The molecule has 2 heterocycles. The minimum absolute atomic E-state index is 0.0112. The zero-order chi connectivity index (χ0) is 27.9. The van der Waals surface area contributed by atoms with Gasteiger partial charge in [0.2, 0.25) is 0 Å². The molecular weight excluding hydrogens is 554 g/mol. The highest BCUT2D eigenvalue weighted by atomic mass is 32.1. The largest absolute Gasteiger partial charge is 0.619 e. The van der Waals surface area contributed by atoms with Crippen LogP contribution in [-0.2, 0) is 12.0 Å². The fraction of sp³-hybridized carbons (Fsp3) is 0.391. The first-order chi connectivity index (χ1) is 17.7. The van der Waals surface area contributed by atoms with E-state index in [1.165, 1.54) is 30.5 Å². The van der Waals surface area contributed by atoms with Crippen LogP contribution < -0.4 is 14.2 Å². The van der Waals surface area contributed by atoms with Crippen molar-refractivity contribution < 1.29 is 54.4 Å². The lowest BCUT2D eigenvalue weighted by atomic mass is 10.0. The minimum Gasteiger partial charge on any atom is -0.619 e. The highest BCUT2D eigenvalue weighted by Gasteiger charge is 2.73. The Morgan fingerprint density at radius 3 is 2.37 bits per heavy atom. The van der Waals surface area contributed by atoms with Crippen LogP contribution in [0.2, 0.25) is 0 Å². The molecule has 4 rings (SSSR count). The fourth-order valence-electron chi connectivity index (χ4n) is 3.65. The SMILES string of the molecule is [O-][n+]1cccc(C[14C@@H](c2ccc(OC(F)F)c(OC3CC3)c2)c2cnc(C(O)(C(F)(F)F)C(F)(F)F)s2)c1. The second kappa shape index (κ2) is 10.2. The molecule has 1 aliphatic carbocycles. The molecule has 1 fully saturated rings. The normalized spacial score (nSPS) is 15.5. The zero-order valence-corrected chi connectivity index (χ0v) is 19.8. The molecule has 1 aromatic carbocycles. The van der Waals surface area contributed by atoms with Gasteiger partial charge in [0, 0.05) is 28.6 Å². The van der Waals surface area contributed by atoms with E-state index in [0.29, 0.717) is 23.1 Å². The van der Waals surface area contributed by atoms with Gasteiger partial charge in [0.25, 0.3) is 0 Å². The molecule has 206 valence electrons. The van der Waals surface area contributed by atoms with Gasteiger partial charge in [-0.1, -0.05) is 6.07 Å². The molecule has 0 amide bonds. The highest BCUT2D eigenvalue weighted by Crippen LogP contribution is 2.52. The number of ether oxygens (including phenoxy) is 2. The first-order valence-electron chi connectivity index (χ1n) is 10.9. The first-order valence-corrected chi connectivity index (χ1v) is 11.8. The van der Waals surface area contributed by atoms with Crippen LogP contribution in [0.5, 0.6) is 11.5 Å². The number of alkyl halides is 8. The maximum atomic E-state index is 13.4. The van der Waals surface area contributed by atoms with Crippen molar-refractivity contribution in [1.29, 1.82) is 0 Å². The smallest absolute Gasteiger partial charge is 0.433 e. The lowest BCUT2D eigenvalue weighted by molar-refractivity contribution is -0.605. The standard InChI is InChI=1S/C23H18F8N2O4S/c24-20(25)37-16-6-3-13(9-17(16)36-14-4-5-14)15(8-12-2-1-7-33(35)11-12)18-10-32-19(38-18)21(34,22(26,27)28)23(29,30)31/h1-3,6-7,9-11,14-15,20,34H,4-5,8H2/t15-/m0/s1/i15+2. The number of pyridine rings is 1. The molecule has 38 heavy (non-hydrogen) atoms. The topological polar surface area (TPSA) is 78.5 Å². The Balaban J connectivity index is 1.80. The van der Waals surface area contributed by atoms with Gasteiger partial charge >= 0.3 is 24.6 Å². The van der Waals surface area contributed by atoms with Crippen molar-refractivity contribution in [3.63, 3.8) is 0 Å². The third kappa shape index (κ3) is 5.77. The number of nitrogens with zero attached hydrogens (tertiary/aromatic N) is 2. The van der Waals surface area contributed by atoms with Crippen molar-refractivity contribution in [3.8, 4) is 11.5 Å². The van der Waals surface area contributed by atoms with Gasteiger partial charge < -0.3 is 19.8 Å². The third-order valence-electron chi connectivity index (χ3n) is 5.68. The van der Waals surface area contributed by atoms with Gasteiger partial charge in [-0.25, -0.2) is 4.98 Å². The molecule has 0 unspecified atom stereocenters. The van der Waals surface area contributed by atoms with Crippen LogP contribution in [0.15, 0.2) is 48.9 Å². The van der Waals surface area contributed by atoms with E-state index in [2.05, 4.69) is 9.72 Å². The Bertz CT molecular complexity index is 1260. The summed E-state index contributed by atoms with van der Waals surface area (Å²) in [7, 11) is 0. The summed E-state index contributed by atoms with van der Waals surface area (Å²) < 4.78 is 117.